The van der Waals surface area contributed by atoms with Gasteiger partial charge in [0.1, 0.15) is 11.8 Å². The molecule has 0 bridgehead atoms. The van der Waals surface area contributed by atoms with Crippen molar-refractivity contribution in [3.63, 3.8) is 0 Å². The van der Waals surface area contributed by atoms with Crippen LogP contribution in [-0.4, -0.2) is 36.4 Å². The van der Waals surface area contributed by atoms with Crippen LogP contribution in [0.5, 0.6) is 5.75 Å². The lowest BCUT2D eigenvalue weighted by molar-refractivity contribution is -0.141. The van der Waals surface area contributed by atoms with Crippen molar-refractivity contribution in [2.24, 2.45) is 0 Å². The molecule has 1 atom stereocenters. The monoisotopic (exact) mass is 382 g/mol. The highest BCUT2D eigenvalue weighted by Gasteiger charge is 2.29. The molecule has 0 fully saturated rings. The van der Waals surface area contributed by atoms with Gasteiger partial charge in [-0.3, -0.25) is 9.59 Å². The predicted octanol–water partition coefficient (Wildman–Crippen LogP) is 3.57. The van der Waals surface area contributed by atoms with Crippen LogP contribution in [0.2, 0.25) is 0 Å². The van der Waals surface area contributed by atoms with Crippen molar-refractivity contribution in [2.45, 2.75) is 45.7 Å². The minimum Gasteiger partial charge on any atom is -0.497 e. The van der Waals surface area contributed by atoms with Crippen LogP contribution in [0.25, 0.3) is 0 Å². The molecule has 1 N–H and O–H groups in total. The van der Waals surface area contributed by atoms with Gasteiger partial charge in [0.15, 0.2) is 0 Å². The second-order valence-corrected chi connectivity index (χ2v) is 6.72. The zero-order valence-corrected chi connectivity index (χ0v) is 17.0. The Morgan fingerprint density at radius 3 is 2.25 bits per heavy atom. The summed E-state index contributed by atoms with van der Waals surface area (Å²) in [6.07, 6.45) is 1.64. The molecule has 0 heterocycles. The second-order valence-electron chi connectivity index (χ2n) is 6.72. The Morgan fingerprint density at radius 2 is 1.68 bits per heavy atom. The van der Waals surface area contributed by atoms with Gasteiger partial charge in [0.25, 0.3) is 0 Å². The van der Waals surface area contributed by atoms with Crippen molar-refractivity contribution < 1.29 is 14.3 Å². The highest BCUT2D eigenvalue weighted by atomic mass is 16.5. The molecule has 2 rings (SSSR count). The van der Waals surface area contributed by atoms with Crippen molar-refractivity contribution in [3.05, 3.63) is 65.7 Å². The molecule has 5 nitrogen and oxygen atoms in total. The largest absolute Gasteiger partial charge is 0.497 e. The molecule has 0 aliphatic carbocycles. The Balaban J connectivity index is 2.32. The summed E-state index contributed by atoms with van der Waals surface area (Å²) in [4.78, 5) is 27.5. The quantitative estimate of drug-likeness (QED) is 0.683. The van der Waals surface area contributed by atoms with Gasteiger partial charge in [-0.2, -0.15) is 0 Å². The SMILES string of the molecule is CCCC(=O)N(Cc1ccc(OC)cc1)[C@H](Cc1ccccc1)C(=O)NCC. The van der Waals surface area contributed by atoms with Crippen molar-refractivity contribution in [1.29, 1.82) is 0 Å². The zero-order valence-electron chi connectivity index (χ0n) is 17.0. The van der Waals surface area contributed by atoms with Gasteiger partial charge in [-0.15, -0.1) is 0 Å². The Kier molecular flexibility index (Phi) is 8.53. The number of methoxy groups -OCH3 is 1. The van der Waals surface area contributed by atoms with Gasteiger partial charge >= 0.3 is 0 Å². The van der Waals surface area contributed by atoms with Gasteiger partial charge in [-0.1, -0.05) is 49.4 Å². The fourth-order valence-electron chi connectivity index (χ4n) is 3.13. The van der Waals surface area contributed by atoms with Crippen LogP contribution >= 0.6 is 0 Å². The number of likely N-dealkylation sites (N-methyl/N-ethyl adjacent to an activating group) is 1. The number of ether oxygens (including phenoxy) is 1. The number of carbonyl (C=O) groups is 2. The molecule has 28 heavy (non-hydrogen) atoms. The van der Waals surface area contributed by atoms with E-state index in [4.69, 9.17) is 4.74 Å². The van der Waals surface area contributed by atoms with Gasteiger partial charge in [-0.05, 0) is 36.6 Å². The van der Waals surface area contributed by atoms with Crippen LogP contribution in [0.1, 0.15) is 37.8 Å². The summed E-state index contributed by atoms with van der Waals surface area (Å²) in [5.41, 5.74) is 2.00. The minimum atomic E-state index is -0.552. The van der Waals surface area contributed by atoms with Crippen LogP contribution in [-0.2, 0) is 22.6 Å². The number of benzene rings is 2. The molecule has 0 aliphatic rings. The molecule has 5 heteroatoms. The first kappa shape index (κ1) is 21.5. The maximum absolute atomic E-state index is 12.9. The molecule has 2 amide bonds. The summed E-state index contributed by atoms with van der Waals surface area (Å²) >= 11 is 0. The molecule has 2 aromatic carbocycles. The zero-order chi connectivity index (χ0) is 20.4. The van der Waals surface area contributed by atoms with E-state index in [1.165, 1.54) is 0 Å². The third kappa shape index (κ3) is 6.12. The molecule has 0 saturated heterocycles. The summed E-state index contributed by atoms with van der Waals surface area (Å²) < 4.78 is 5.21. The van der Waals surface area contributed by atoms with Gasteiger partial charge in [0.05, 0.1) is 7.11 Å². The standard InChI is InChI=1S/C23H30N2O3/c1-4-9-22(26)25(17-19-12-14-20(28-3)15-13-19)21(23(27)24-5-2)16-18-10-7-6-8-11-18/h6-8,10-15,21H,4-5,9,16-17H2,1-3H3,(H,24,27)/t21-/m1/s1. The lowest BCUT2D eigenvalue weighted by atomic mass is 10.0. The Labute approximate surface area is 167 Å². The third-order valence-corrected chi connectivity index (χ3v) is 4.60. The van der Waals surface area contributed by atoms with Gasteiger partial charge in [0, 0.05) is 25.9 Å². The van der Waals surface area contributed by atoms with Crippen molar-refractivity contribution in [1.82, 2.24) is 10.2 Å². The second kappa shape index (κ2) is 11.1. The number of hydrogen-bond donors (Lipinski definition) is 1. The van der Waals surface area contributed by atoms with Crippen LogP contribution in [0.4, 0.5) is 0 Å². The highest BCUT2D eigenvalue weighted by molar-refractivity contribution is 5.88. The average Bonchev–Trinajstić information content (AvgIpc) is 2.72. The molecule has 150 valence electrons. The van der Waals surface area contributed by atoms with Gasteiger partial charge in [-0.25, -0.2) is 0 Å². The van der Waals surface area contributed by atoms with Crippen LogP contribution < -0.4 is 10.1 Å². The molecule has 0 aromatic heterocycles. The molecule has 2 aromatic rings. The van der Waals surface area contributed by atoms with E-state index in [2.05, 4.69) is 5.32 Å². The van der Waals surface area contributed by atoms with Crippen LogP contribution in [0.3, 0.4) is 0 Å². The van der Waals surface area contributed by atoms with Crippen molar-refractivity contribution in [2.75, 3.05) is 13.7 Å². The molecule has 0 spiro atoms. The van der Waals surface area contributed by atoms with Crippen LogP contribution in [0, 0.1) is 0 Å². The van der Waals surface area contributed by atoms with Gasteiger partial charge < -0.3 is 15.0 Å². The van der Waals surface area contributed by atoms with E-state index in [-0.39, 0.29) is 11.8 Å². The fraction of sp³-hybridized carbons (Fsp3) is 0.391. The smallest absolute Gasteiger partial charge is 0.243 e. The molecule has 0 radical (unpaired) electrons. The van der Waals surface area contributed by atoms with E-state index < -0.39 is 6.04 Å². The lowest BCUT2D eigenvalue weighted by Crippen LogP contribution is -2.50. The lowest BCUT2D eigenvalue weighted by Gasteiger charge is -2.31. The van der Waals surface area contributed by atoms with E-state index in [9.17, 15) is 9.59 Å². The van der Waals surface area contributed by atoms with E-state index in [1.807, 2.05) is 68.4 Å². The van der Waals surface area contributed by atoms with E-state index in [0.29, 0.717) is 25.9 Å². The first-order valence-corrected chi connectivity index (χ1v) is 9.83. The maximum Gasteiger partial charge on any atom is 0.243 e. The Bertz CT molecular complexity index is 744. The number of hydrogen-bond acceptors (Lipinski definition) is 3. The van der Waals surface area contributed by atoms with Crippen molar-refractivity contribution in [3.8, 4) is 5.75 Å². The third-order valence-electron chi connectivity index (χ3n) is 4.60. The number of nitrogens with zero attached hydrogens (tertiary/aromatic N) is 1. The molecule has 0 unspecified atom stereocenters. The van der Waals surface area contributed by atoms with E-state index in [1.54, 1.807) is 12.0 Å². The van der Waals surface area contributed by atoms with E-state index >= 15 is 0 Å². The molecule has 0 saturated carbocycles. The Morgan fingerprint density at radius 1 is 1.00 bits per heavy atom. The van der Waals surface area contributed by atoms with Crippen LogP contribution in [0.15, 0.2) is 54.6 Å². The average molecular weight is 383 g/mol. The van der Waals surface area contributed by atoms with E-state index in [0.717, 1.165) is 23.3 Å². The fourth-order valence-corrected chi connectivity index (χ4v) is 3.13. The maximum atomic E-state index is 12.9. The summed E-state index contributed by atoms with van der Waals surface area (Å²) in [5.74, 6) is 0.634. The van der Waals surface area contributed by atoms with Crippen molar-refractivity contribution >= 4 is 11.8 Å². The number of rotatable bonds is 10. The number of carbonyl (C=O) groups excluding carboxylic acids is 2. The molecular weight excluding hydrogens is 352 g/mol. The number of nitrogens with one attached hydrogen (secondary N) is 1. The first-order chi connectivity index (χ1) is 13.6. The summed E-state index contributed by atoms with van der Waals surface area (Å²) in [7, 11) is 1.62. The van der Waals surface area contributed by atoms with Gasteiger partial charge in [0.2, 0.25) is 11.8 Å². The normalized spacial score (nSPS) is 11.5. The topological polar surface area (TPSA) is 58.6 Å². The summed E-state index contributed by atoms with van der Waals surface area (Å²) in [6, 6.07) is 16.9. The molecule has 0 aliphatic heterocycles. The predicted molar refractivity (Wildman–Crippen MR) is 111 cm³/mol. The Hall–Kier alpha value is -2.82. The molecular formula is C23H30N2O3. The minimum absolute atomic E-state index is 0.00879. The summed E-state index contributed by atoms with van der Waals surface area (Å²) in [5, 5.41) is 2.89. The summed E-state index contributed by atoms with van der Waals surface area (Å²) in [6.45, 7) is 4.78. The number of amides is 2. The first-order valence-electron chi connectivity index (χ1n) is 9.83. The highest BCUT2D eigenvalue weighted by Crippen LogP contribution is 2.18.